The van der Waals surface area contributed by atoms with E-state index in [0.717, 1.165) is 12.1 Å². The maximum atomic E-state index is 6.56. The van der Waals surface area contributed by atoms with Crippen LogP contribution in [0.3, 0.4) is 0 Å². The summed E-state index contributed by atoms with van der Waals surface area (Å²) in [6.45, 7) is 13.9. The Kier molecular flexibility index (Phi) is 9.66. The molecule has 0 aliphatic heterocycles. The molecule has 0 fully saturated rings. The first-order chi connectivity index (χ1) is 8.83. The fourth-order valence-corrected chi connectivity index (χ4v) is 10.3. The zero-order chi connectivity index (χ0) is 14.8. The van der Waals surface area contributed by atoms with Crippen molar-refractivity contribution in [2.75, 3.05) is 0 Å². The van der Waals surface area contributed by atoms with Gasteiger partial charge in [-0.15, -0.1) is 0 Å². The average Bonchev–Trinajstić information content (AvgIpc) is 2.29. The highest BCUT2D eigenvalue weighted by Crippen LogP contribution is 2.22. The van der Waals surface area contributed by atoms with Crippen LogP contribution in [-0.2, 0) is 4.12 Å². The summed E-state index contributed by atoms with van der Waals surface area (Å²) in [5, 5.41) is 0. The molecule has 0 bridgehead atoms. The second-order valence-electron chi connectivity index (χ2n) is 6.55. The van der Waals surface area contributed by atoms with Crippen molar-refractivity contribution in [3.8, 4) is 0 Å². The van der Waals surface area contributed by atoms with Crippen molar-refractivity contribution in [3.05, 3.63) is 24.3 Å². The van der Waals surface area contributed by atoms with E-state index in [-0.39, 0.29) is 0 Å². The number of hydrogen-bond donors (Lipinski definition) is 0. The molecular formula is C16H34OSi2. The van der Waals surface area contributed by atoms with E-state index in [9.17, 15) is 0 Å². The summed E-state index contributed by atoms with van der Waals surface area (Å²) in [7, 11) is -3.03. The van der Waals surface area contributed by atoms with E-state index in [4.69, 9.17) is 4.12 Å². The Labute approximate surface area is 123 Å². The molecule has 0 aliphatic carbocycles. The minimum absolute atomic E-state index is 1.15. The van der Waals surface area contributed by atoms with Crippen molar-refractivity contribution in [2.45, 2.75) is 77.8 Å². The quantitative estimate of drug-likeness (QED) is 0.348. The third-order valence-corrected chi connectivity index (χ3v) is 9.87. The molecular weight excluding hydrogens is 264 g/mol. The first-order valence-electron chi connectivity index (χ1n) is 7.83. The zero-order valence-corrected chi connectivity index (χ0v) is 16.0. The van der Waals surface area contributed by atoms with Gasteiger partial charge in [0.25, 0.3) is 0 Å². The molecule has 0 saturated carbocycles. The summed E-state index contributed by atoms with van der Waals surface area (Å²) in [6, 6.07) is 2.31. The van der Waals surface area contributed by atoms with Crippen LogP contribution in [-0.4, -0.2) is 16.6 Å². The van der Waals surface area contributed by atoms with Crippen molar-refractivity contribution < 1.29 is 4.12 Å². The molecule has 112 valence electrons. The van der Waals surface area contributed by atoms with E-state index in [1.54, 1.807) is 0 Å². The Morgan fingerprint density at radius 2 is 1.05 bits per heavy atom. The van der Waals surface area contributed by atoms with Gasteiger partial charge in [-0.3, -0.25) is 0 Å². The van der Waals surface area contributed by atoms with Crippen LogP contribution in [0, 0.1) is 0 Å². The van der Waals surface area contributed by atoms with Gasteiger partial charge in [0.05, 0.1) is 0 Å². The summed E-state index contributed by atoms with van der Waals surface area (Å²) in [4.78, 5) is 0. The molecule has 0 aromatic carbocycles. The van der Waals surface area contributed by atoms with Crippen LogP contribution in [0.2, 0.25) is 38.3 Å². The van der Waals surface area contributed by atoms with Crippen LogP contribution in [0.25, 0.3) is 0 Å². The molecule has 0 N–H and O–H groups in total. The van der Waals surface area contributed by atoms with E-state index >= 15 is 0 Å². The fourth-order valence-electron chi connectivity index (χ4n) is 2.13. The molecule has 0 saturated heterocycles. The second kappa shape index (κ2) is 9.73. The van der Waals surface area contributed by atoms with Crippen LogP contribution < -0.4 is 0 Å². The van der Waals surface area contributed by atoms with Gasteiger partial charge in [-0.05, 0) is 51.1 Å². The number of allylic oxidation sites excluding steroid dienone is 4. The Hall–Kier alpha value is -0.126. The minimum atomic E-state index is -1.52. The van der Waals surface area contributed by atoms with Crippen LogP contribution in [0.4, 0.5) is 0 Å². The topological polar surface area (TPSA) is 9.23 Å². The number of unbranched alkanes of at least 4 members (excludes halogenated alkanes) is 2. The fraction of sp³-hybridized carbons (Fsp3) is 0.750. The smallest absolute Gasteiger partial charge is 0.177 e. The van der Waals surface area contributed by atoms with E-state index in [2.05, 4.69) is 64.3 Å². The summed E-state index contributed by atoms with van der Waals surface area (Å²) in [5.74, 6) is 0. The lowest BCUT2D eigenvalue weighted by Gasteiger charge is -2.32. The average molecular weight is 299 g/mol. The van der Waals surface area contributed by atoms with E-state index in [0.29, 0.717) is 0 Å². The van der Waals surface area contributed by atoms with Gasteiger partial charge in [-0.25, -0.2) is 0 Å². The molecule has 0 unspecified atom stereocenters. The van der Waals surface area contributed by atoms with E-state index in [1.807, 2.05) is 0 Å². The lowest BCUT2D eigenvalue weighted by atomic mass is 10.3. The summed E-state index contributed by atoms with van der Waals surface area (Å²) in [5.41, 5.74) is 0. The molecule has 0 aromatic heterocycles. The molecule has 0 amide bonds. The SMILES string of the molecule is CCC/C=C/C[Si](C)(C)O[Si](C)(C)C/C=C/CCC. The molecule has 0 atom stereocenters. The molecule has 1 nitrogen and oxygen atoms in total. The molecule has 0 radical (unpaired) electrons. The molecule has 3 heteroatoms. The van der Waals surface area contributed by atoms with Gasteiger partial charge in [0.1, 0.15) is 0 Å². The van der Waals surface area contributed by atoms with Gasteiger partial charge in [0, 0.05) is 0 Å². The van der Waals surface area contributed by atoms with Crippen LogP contribution in [0.5, 0.6) is 0 Å². The second-order valence-corrected chi connectivity index (χ2v) is 15.2. The van der Waals surface area contributed by atoms with Gasteiger partial charge in [0.2, 0.25) is 0 Å². The summed E-state index contributed by atoms with van der Waals surface area (Å²) in [6.07, 6.45) is 14.2. The maximum Gasteiger partial charge on any atom is 0.177 e. The van der Waals surface area contributed by atoms with Crippen molar-refractivity contribution in [2.24, 2.45) is 0 Å². The first-order valence-corrected chi connectivity index (χ1v) is 14.1. The summed E-state index contributed by atoms with van der Waals surface area (Å²) < 4.78 is 6.56. The molecule has 19 heavy (non-hydrogen) atoms. The van der Waals surface area contributed by atoms with Crippen molar-refractivity contribution in [1.82, 2.24) is 0 Å². The highest BCUT2D eigenvalue weighted by molar-refractivity contribution is 6.85. The highest BCUT2D eigenvalue weighted by Gasteiger charge is 2.31. The third kappa shape index (κ3) is 11.4. The Balaban J connectivity index is 4.21. The Morgan fingerprint density at radius 3 is 1.37 bits per heavy atom. The normalized spacial score (nSPS) is 13.8. The Bertz CT molecular complexity index is 252. The molecule has 0 rings (SSSR count). The van der Waals surface area contributed by atoms with Gasteiger partial charge < -0.3 is 4.12 Å². The van der Waals surface area contributed by atoms with Gasteiger partial charge in [0.15, 0.2) is 16.6 Å². The van der Waals surface area contributed by atoms with Gasteiger partial charge in [-0.1, -0.05) is 51.0 Å². The molecule has 0 spiro atoms. The van der Waals surface area contributed by atoms with Crippen molar-refractivity contribution in [3.63, 3.8) is 0 Å². The number of rotatable bonds is 10. The largest absolute Gasteiger partial charge is 0.455 e. The third-order valence-electron chi connectivity index (χ3n) is 3.02. The standard InChI is InChI=1S/C16H34OSi2/c1-7-9-11-13-15-18(3,4)17-19(5,6)16-14-12-10-8-2/h11-14H,7-10,15-16H2,1-6H3/b13-11+,14-12+. The van der Waals surface area contributed by atoms with Gasteiger partial charge >= 0.3 is 0 Å². The predicted octanol–water partition coefficient (Wildman–Crippen LogP) is 6.13. The van der Waals surface area contributed by atoms with Crippen LogP contribution >= 0.6 is 0 Å². The van der Waals surface area contributed by atoms with Crippen LogP contribution in [0.15, 0.2) is 24.3 Å². The predicted molar refractivity (Wildman–Crippen MR) is 93.8 cm³/mol. The van der Waals surface area contributed by atoms with Crippen LogP contribution in [0.1, 0.15) is 39.5 Å². The Morgan fingerprint density at radius 1 is 0.684 bits per heavy atom. The lowest BCUT2D eigenvalue weighted by molar-refractivity contribution is 0.548. The summed E-state index contributed by atoms with van der Waals surface area (Å²) >= 11 is 0. The van der Waals surface area contributed by atoms with E-state index < -0.39 is 16.6 Å². The lowest BCUT2D eigenvalue weighted by Crippen LogP contribution is -2.43. The van der Waals surface area contributed by atoms with Gasteiger partial charge in [-0.2, -0.15) is 0 Å². The molecule has 0 aromatic rings. The number of hydrogen-bond acceptors (Lipinski definition) is 1. The monoisotopic (exact) mass is 298 g/mol. The molecule has 0 aliphatic rings. The minimum Gasteiger partial charge on any atom is -0.455 e. The van der Waals surface area contributed by atoms with Crippen molar-refractivity contribution >= 4 is 16.6 Å². The zero-order valence-electron chi connectivity index (χ0n) is 14.0. The highest BCUT2D eigenvalue weighted by atomic mass is 28.4. The first kappa shape index (κ1) is 18.9. The van der Waals surface area contributed by atoms with Crippen molar-refractivity contribution in [1.29, 1.82) is 0 Å². The molecule has 0 heterocycles. The maximum absolute atomic E-state index is 6.56. The van der Waals surface area contributed by atoms with E-state index in [1.165, 1.54) is 25.7 Å².